The van der Waals surface area contributed by atoms with E-state index in [0.29, 0.717) is 18.1 Å². The van der Waals surface area contributed by atoms with Gasteiger partial charge in [-0.1, -0.05) is 64.0 Å². The number of carboxylic acid groups (broad SMARTS) is 1. The van der Waals surface area contributed by atoms with Crippen molar-refractivity contribution in [3.8, 4) is 5.75 Å². The minimum Gasteiger partial charge on any atom is -0.508 e. The summed E-state index contributed by atoms with van der Waals surface area (Å²) in [4.78, 5) is 28.6. The normalized spacial score (nSPS) is 13.7. The lowest BCUT2D eigenvalue weighted by Crippen LogP contribution is -2.52. The van der Waals surface area contributed by atoms with Gasteiger partial charge in [0, 0.05) is 7.05 Å². The van der Waals surface area contributed by atoms with E-state index in [1.165, 1.54) is 30.4 Å². The van der Waals surface area contributed by atoms with E-state index in [1.54, 1.807) is 32.0 Å². The summed E-state index contributed by atoms with van der Waals surface area (Å²) >= 11 is 0. The van der Waals surface area contributed by atoms with E-state index in [1.807, 2.05) is 12.1 Å². The Hall–Kier alpha value is -3.83. The van der Waals surface area contributed by atoms with Crippen molar-refractivity contribution >= 4 is 11.9 Å². The van der Waals surface area contributed by atoms with Gasteiger partial charge in [-0.25, -0.2) is 9.18 Å². The molecule has 3 atom stereocenters. The van der Waals surface area contributed by atoms with E-state index >= 15 is 0 Å². The van der Waals surface area contributed by atoms with E-state index in [0.717, 1.165) is 16.7 Å². The van der Waals surface area contributed by atoms with Gasteiger partial charge in [0.2, 0.25) is 11.8 Å². The molecule has 0 spiro atoms. The van der Waals surface area contributed by atoms with Crippen LogP contribution >= 0.6 is 0 Å². The summed E-state index contributed by atoms with van der Waals surface area (Å²) in [6, 6.07) is 9.13. The monoisotopic (exact) mass is 557 g/mol. The molecule has 0 radical (unpaired) electrons. The first-order valence-electron chi connectivity index (χ1n) is 13.0. The van der Waals surface area contributed by atoms with Gasteiger partial charge in [0.25, 0.3) is 0 Å². The number of nitrogens with zero attached hydrogens (tertiary/aromatic N) is 3. The van der Waals surface area contributed by atoms with E-state index < -0.39 is 24.0 Å². The number of carbonyl (C=O) groups is 2. The second-order valence-electron chi connectivity index (χ2n) is 11.1. The highest BCUT2D eigenvalue weighted by molar-refractivity contribution is 5.87. The van der Waals surface area contributed by atoms with Crippen molar-refractivity contribution in [2.24, 2.45) is 17.4 Å². The van der Waals surface area contributed by atoms with E-state index in [-0.39, 0.29) is 29.6 Å². The van der Waals surface area contributed by atoms with Crippen LogP contribution < -0.4 is 11.5 Å². The first kappa shape index (κ1) is 32.4. The quantitative estimate of drug-likeness (QED) is 0.307. The van der Waals surface area contributed by atoms with E-state index in [2.05, 4.69) is 30.9 Å². The molecule has 3 rings (SSSR count). The minimum absolute atomic E-state index is 0.116. The summed E-state index contributed by atoms with van der Waals surface area (Å²) in [5, 5.41) is 22.7. The maximum atomic E-state index is 12.8. The van der Waals surface area contributed by atoms with Gasteiger partial charge in [-0.2, -0.15) is 4.98 Å². The number of phenols is 1. The molecule has 0 fully saturated rings. The minimum atomic E-state index is -1.06. The number of phenolic OH excluding ortho intramolecular Hbond substituents is 1. The highest BCUT2D eigenvalue weighted by Crippen LogP contribution is 2.32. The zero-order valence-corrected chi connectivity index (χ0v) is 23.8. The second-order valence-corrected chi connectivity index (χ2v) is 11.1. The number of aliphatic carboxylic acids is 1. The fourth-order valence-corrected chi connectivity index (χ4v) is 4.26. The Morgan fingerprint density at radius 3 is 2.15 bits per heavy atom. The number of aromatic nitrogens is 2. The largest absolute Gasteiger partial charge is 0.508 e. The molecule has 1 aromatic heterocycles. The molecule has 11 heteroatoms. The highest BCUT2D eigenvalue weighted by atomic mass is 19.1. The summed E-state index contributed by atoms with van der Waals surface area (Å²) < 4.78 is 17.8. The summed E-state index contributed by atoms with van der Waals surface area (Å²) in [7, 11) is 1.44. The zero-order valence-electron chi connectivity index (χ0n) is 23.8. The molecule has 0 bridgehead atoms. The fraction of sp³-hybridized carbons (Fsp3) is 0.448. The number of aromatic hydroxyl groups is 1. The van der Waals surface area contributed by atoms with Crippen LogP contribution in [0.2, 0.25) is 0 Å². The Morgan fingerprint density at radius 1 is 1.05 bits per heavy atom. The summed E-state index contributed by atoms with van der Waals surface area (Å²) in [6.07, 6.45) is 2.16. The van der Waals surface area contributed by atoms with Gasteiger partial charge in [0.05, 0.1) is 12.1 Å². The molecule has 6 N–H and O–H groups in total. The van der Waals surface area contributed by atoms with Gasteiger partial charge in [-0.15, -0.1) is 0 Å². The average Bonchev–Trinajstić information content (AvgIpc) is 3.40. The van der Waals surface area contributed by atoms with Crippen LogP contribution in [-0.4, -0.2) is 56.3 Å². The smallest absolute Gasteiger partial charge is 0.326 e. The van der Waals surface area contributed by atoms with Crippen molar-refractivity contribution in [3.05, 3.63) is 77.2 Å². The van der Waals surface area contributed by atoms with Crippen molar-refractivity contribution in [2.45, 2.75) is 71.0 Å². The number of amides is 1. The molecule has 2 aromatic carbocycles. The molecule has 1 amide bonds. The standard InChI is InChI=1S/C15H21FN2O3.C14H19N3O2/c1-9(2)13(15(20)21)18(3)14(19)12(17)8-10-4-6-11(16)7-5-10;1-14(2,3)10-6-9(4-5-12(10)18)7-11(15)13-16-8-17-19-13/h4-7,9,12-13H,8,17H2,1-3H3,(H,20,21);4-6,8,11,18H,7,15H2,1-3H3. The van der Waals surface area contributed by atoms with Crippen LogP contribution in [0.4, 0.5) is 4.39 Å². The number of carbonyl (C=O) groups excluding carboxylic acids is 1. The summed E-state index contributed by atoms with van der Waals surface area (Å²) in [6.45, 7) is 9.64. The molecular weight excluding hydrogens is 517 g/mol. The maximum Gasteiger partial charge on any atom is 0.326 e. The number of halogens is 1. The van der Waals surface area contributed by atoms with Crippen LogP contribution in [-0.2, 0) is 27.8 Å². The molecule has 0 saturated carbocycles. The van der Waals surface area contributed by atoms with Crippen LogP contribution in [0.15, 0.2) is 53.3 Å². The Bertz CT molecular complexity index is 1240. The van der Waals surface area contributed by atoms with Crippen LogP contribution in [0.1, 0.15) is 63.2 Å². The number of benzene rings is 2. The lowest BCUT2D eigenvalue weighted by atomic mass is 9.85. The molecule has 0 aliphatic heterocycles. The van der Waals surface area contributed by atoms with Gasteiger partial charge >= 0.3 is 5.97 Å². The Labute approximate surface area is 234 Å². The molecule has 1 heterocycles. The predicted molar refractivity (Wildman–Crippen MR) is 149 cm³/mol. The second kappa shape index (κ2) is 14.0. The van der Waals surface area contributed by atoms with Gasteiger partial charge in [0.1, 0.15) is 17.6 Å². The molecule has 3 unspecified atom stereocenters. The maximum absolute atomic E-state index is 12.8. The van der Waals surface area contributed by atoms with Crippen molar-refractivity contribution < 1.29 is 28.7 Å². The number of hydrogen-bond donors (Lipinski definition) is 4. The fourth-order valence-electron chi connectivity index (χ4n) is 4.26. The third-order valence-electron chi connectivity index (χ3n) is 6.36. The van der Waals surface area contributed by atoms with Crippen molar-refractivity contribution in [3.63, 3.8) is 0 Å². The molecular formula is C29H40FN5O5. The molecule has 218 valence electrons. The summed E-state index contributed by atoms with van der Waals surface area (Å²) in [5.74, 6) is -1.36. The van der Waals surface area contributed by atoms with Gasteiger partial charge in [-0.3, -0.25) is 4.79 Å². The lowest BCUT2D eigenvalue weighted by Gasteiger charge is -2.29. The first-order chi connectivity index (χ1) is 18.6. The van der Waals surface area contributed by atoms with Gasteiger partial charge < -0.3 is 31.1 Å². The lowest BCUT2D eigenvalue weighted by molar-refractivity contribution is -0.151. The third kappa shape index (κ3) is 9.13. The van der Waals surface area contributed by atoms with Crippen molar-refractivity contribution in [1.29, 1.82) is 0 Å². The molecule has 3 aromatic rings. The molecule has 40 heavy (non-hydrogen) atoms. The molecule has 0 aliphatic rings. The number of nitrogens with two attached hydrogens (primary N) is 2. The Balaban J connectivity index is 0.000000281. The third-order valence-corrected chi connectivity index (χ3v) is 6.36. The van der Waals surface area contributed by atoms with Crippen molar-refractivity contribution in [2.75, 3.05) is 7.05 Å². The summed E-state index contributed by atoms with van der Waals surface area (Å²) in [5.41, 5.74) is 14.4. The van der Waals surface area contributed by atoms with Crippen LogP contribution in [0, 0.1) is 11.7 Å². The first-order valence-corrected chi connectivity index (χ1v) is 13.0. The van der Waals surface area contributed by atoms with Crippen molar-refractivity contribution in [1.82, 2.24) is 15.0 Å². The predicted octanol–water partition coefficient (Wildman–Crippen LogP) is 3.58. The Morgan fingerprint density at radius 2 is 1.65 bits per heavy atom. The highest BCUT2D eigenvalue weighted by Gasteiger charge is 2.32. The van der Waals surface area contributed by atoms with Crippen LogP contribution in [0.25, 0.3) is 0 Å². The number of likely N-dealkylation sites (N-methyl/N-ethyl adjacent to an activating group) is 1. The van der Waals surface area contributed by atoms with E-state index in [4.69, 9.17) is 16.0 Å². The van der Waals surface area contributed by atoms with Gasteiger partial charge in [-0.05, 0) is 59.1 Å². The average molecular weight is 558 g/mol. The van der Waals surface area contributed by atoms with Crippen LogP contribution in [0.5, 0.6) is 5.75 Å². The molecule has 0 aliphatic carbocycles. The zero-order chi connectivity index (χ0) is 30.2. The number of hydrogen-bond acceptors (Lipinski definition) is 8. The van der Waals surface area contributed by atoms with E-state index in [9.17, 15) is 24.2 Å². The molecule has 10 nitrogen and oxygen atoms in total. The Kier molecular flexibility index (Phi) is 11.3. The molecule has 0 saturated heterocycles. The SMILES string of the molecule is CC(C)(C)c1cc(CC(N)c2ncno2)ccc1O.CC(C)C(C(=O)O)N(C)C(=O)C(N)Cc1ccc(F)cc1. The van der Waals surface area contributed by atoms with Crippen LogP contribution in [0.3, 0.4) is 0 Å². The topological polar surface area (TPSA) is 169 Å². The number of carboxylic acids is 1. The number of rotatable bonds is 9. The van der Waals surface area contributed by atoms with Gasteiger partial charge in [0.15, 0.2) is 6.33 Å².